The predicted octanol–water partition coefficient (Wildman–Crippen LogP) is 2.74. The predicted molar refractivity (Wildman–Crippen MR) is 52.5 cm³/mol. The molecular weight excluding hydrogens is 165 g/mol. The van der Waals surface area contributed by atoms with Crippen molar-refractivity contribution in [3.05, 3.63) is 29.1 Å². The average Bonchev–Trinajstić information content (AvgIpc) is 2.02. The smallest absolute Gasteiger partial charge is 0.123 e. The SMILES string of the molecule is Cc1cc(F)cc2c1NCC(C)C2. The van der Waals surface area contributed by atoms with Crippen molar-refractivity contribution in [1.82, 2.24) is 0 Å². The van der Waals surface area contributed by atoms with Crippen molar-refractivity contribution >= 4 is 5.69 Å². The first-order valence-corrected chi connectivity index (χ1v) is 4.69. The van der Waals surface area contributed by atoms with Crippen molar-refractivity contribution in [3.8, 4) is 0 Å². The Bertz CT molecular complexity index is 333. The maximum absolute atomic E-state index is 13.1. The zero-order valence-corrected chi connectivity index (χ0v) is 8.02. The van der Waals surface area contributed by atoms with Crippen LogP contribution >= 0.6 is 0 Å². The lowest BCUT2D eigenvalue weighted by Gasteiger charge is -2.24. The van der Waals surface area contributed by atoms with E-state index in [1.54, 1.807) is 12.1 Å². The van der Waals surface area contributed by atoms with Gasteiger partial charge in [-0.2, -0.15) is 0 Å². The molecule has 1 heterocycles. The molecule has 1 aromatic rings. The number of nitrogens with one attached hydrogen (secondary N) is 1. The molecule has 0 spiro atoms. The van der Waals surface area contributed by atoms with Crippen LogP contribution in [0.25, 0.3) is 0 Å². The molecule has 0 aromatic heterocycles. The number of hydrogen-bond acceptors (Lipinski definition) is 1. The maximum Gasteiger partial charge on any atom is 0.123 e. The van der Waals surface area contributed by atoms with Crippen LogP contribution in [0.3, 0.4) is 0 Å². The first-order valence-electron chi connectivity index (χ1n) is 4.69. The van der Waals surface area contributed by atoms with Crippen molar-refractivity contribution in [1.29, 1.82) is 0 Å². The van der Waals surface area contributed by atoms with Gasteiger partial charge in [-0.1, -0.05) is 6.92 Å². The van der Waals surface area contributed by atoms with Gasteiger partial charge in [0.05, 0.1) is 0 Å². The zero-order chi connectivity index (χ0) is 9.42. The molecule has 1 atom stereocenters. The first-order chi connectivity index (χ1) is 6.16. The Morgan fingerprint density at radius 2 is 2.23 bits per heavy atom. The van der Waals surface area contributed by atoms with Crippen LogP contribution < -0.4 is 5.32 Å². The summed E-state index contributed by atoms with van der Waals surface area (Å²) in [6, 6.07) is 3.23. The number of halogens is 1. The van der Waals surface area contributed by atoms with E-state index >= 15 is 0 Å². The summed E-state index contributed by atoms with van der Waals surface area (Å²) in [6.07, 6.45) is 0.987. The lowest BCUT2D eigenvalue weighted by atomic mass is 9.93. The monoisotopic (exact) mass is 179 g/mol. The number of aryl methyl sites for hydroxylation is 1. The molecule has 2 rings (SSSR count). The molecule has 1 aliphatic heterocycles. The van der Waals surface area contributed by atoms with Gasteiger partial charge in [0.1, 0.15) is 5.82 Å². The van der Waals surface area contributed by atoms with Gasteiger partial charge in [0.15, 0.2) is 0 Å². The third-order valence-electron chi connectivity index (χ3n) is 2.58. The van der Waals surface area contributed by atoms with Gasteiger partial charge in [-0.25, -0.2) is 4.39 Å². The van der Waals surface area contributed by atoms with E-state index in [9.17, 15) is 4.39 Å². The summed E-state index contributed by atoms with van der Waals surface area (Å²) in [6.45, 7) is 5.13. The lowest BCUT2D eigenvalue weighted by Crippen LogP contribution is -2.21. The minimum absolute atomic E-state index is 0.118. The van der Waals surface area contributed by atoms with E-state index in [0.29, 0.717) is 5.92 Å². The van der Waals surface area contributed by atoms with Crippen molar-refractivity contribution in [3.63, 3.8) is 0 Å². The number of hydrogen-bond donors (Lipinski definition) is 1. The zero-order valence-electron chi connectivity index (χ0n) is 8.02. The Hall–Kier alpha value is -1.05. The summed E-state index contributed by atoms with van der Waals surface area (Å²) < 4.78 is 13.1. The molecule has 70 valence electrons. The molecule has 1 unspecified atom stereocenters. The summed E-state index contributed by atoms with van der Waals surface area (Å²) in [5, 5.41) is 3.34. The summed E-state index contributed by atoms with van der Waals surface area (Å²) in [4.78, 5) is 0. The van der Waals surface area contributed by atoms with Gasteiger partial charge in [-0.3, -0.25) is 0 Å². The fraction of sp³-hybridized carbons (Fsp3) is 0.455. The molecule has 2 heteroatoms. The lowest BCUT2D eigenvalue weighted by molar-refractivity contribution is 0.581. The van der Waals surface area contributed by atoms with E-state index in [0.717, 1.165) is 29.8 Å². The number of benzene rings is 1. The quantitative estimate of drug-likeness (QED) is 0.645. The van der Waals surface area contributed by atoms with Gasteiger partial charge in [-0.05, 0) is 42.5 Å². The summed E-state index contributed by atoms with van der Waals surface area (Å²) in [5.41, 5.74) is 3.28. The molecule has 0 saturated heterocycles. The standard InChI is InChI=1S/C11H14FN/c1-7-3-9-5-10(12)4-8(2)11(9)13-6-7/h4-5,7,13H,3,6H2,1-2H3. The molecule has 1 nitrogen and oxygen atoms in total. The van der Waals surface area contributed by atoms with E-state index in [1.807, 2.05) is 6.92 Å². The Kier molecular flexibility index (Phi) is 1.98. The van der Waals surface area contributed by atoms with Crippen molar-refractivity contribution in [2.75, 3.05) is 11.9 Å². The molecule has 1 aromatic carbocycles. The van der Waals surface area contributed by atoms with Crippen LogP contribution in [0.15, 0.2) is 12.1 Å². The van der Waals surface area contributed by atoms with Crippen LogP contribution in [0.2, 0.25) is 0 Å². The second-order valence-corrected chi connectivity index (χ2v) is 3.95. The van der Waals surface area contributed by atoms with E-state index in [1.165, 1.54) is 0 Å². The van der Waals surface area contributed by atoms with Gasteiger partial charge in [0, 0.05) is 12.2 Å². The highest BCUT2D eigenvalue weighted by molar-refractivity contribution is 5.59. The Labute approximate surface area is 78.0 Å². The second kappa shape index (κ2) is 3.02. The summed E-state index contributed by atoms with van der Waals surface area (Å²) >= 11 is 0. The van der Waals surface area contributed by atoms with E-state index < -0.39 is 0 Å². The topological polar surface area (TPSA) is 12.0 Å². The fourth-order valence-electron chi connectivity index (χ4n) is 1.95. The molecule has 1 aliphatic rings. The largest absolute Gasteiger partial charge is 0.384 e. The molecular formula is C11H14FN. The Morgan fingerprint density at radius 1 is 1.46 bits per heavy atom. The van der Waals surface area contributed by atoms with E-state index in [2.05, 4.69) is 12.2 Å². The number of anilines is 1. The van der Waals surface area contributed by atoms with Gasteiger partial charge in [-0.15, -0.1) is 0 Å². The van der Waals surface area contributed by atoms with Crippen molar-refractivity contribution in [2.24, 2.45) is 5.92 Å². The number of rotatable bonds is 0. The minimum atomic E-state index is -0.118. The van der Waals surface area contributed by atoms with Gasteiger partial charge < -0.3 is 5.32 Å². The van der Waals surface area contributed by atoms with Gasteiger partial charge >= 0.3 is 0 Å². The van der Waals surface area contributed by atoms with Crippen LogP contribution in [-0.4, -0.2) is 6.54 Å². The molecule has 0 radical (unpaired) electrons. The summed E-state index contributed by atoms with van der Waals surface area (Å²) in [7, 11) is 0. The normalized spacial score (nSPS) is 20.7. The molecule has 13 heavy (non-hydrogen) atoms. The second-order valence-electron chi connectivity index (χ2n) is 3.95. The van der Waals surface area contributed by atoms with E-state index in [-0.39, 0.29) is 5.82 Å². The molecule has 0 bridgehead atoms. The molecule has 1 N–H and O–H groups in total. The first kappa shape index (κ1) is 8.54. The molecule has 0 fully saturated rings. The summed E-state index contributed by atoms with van der Waals surface area (Å²) in [5.74, 6) is 0.487. The van der Waals surface area contributed by atoms with Crippen LogP contribution in [0, 0.1) is 18.7 Å². The third kappa shape index (κ3) is 1.53. The van der Waals surface area contributed by atoms with Crippen LogP contribution in [0.4, 0.5) is 10.1 Å². The minimum Gasteiger partial charge on any atom is -0.384 e. The number of fused-ring (bicyclic) bond motifs is 1. The van der Waals surface area contributed by atoms with Crippen molar-refractivity contribution < 1.29 is 4.39 Å². The molecule has 0 saturated carbocycles. The fourth-order valence-corrected chi connectivity index (χ4v) is 1.95. The Morgan fingerprint density at radius 3 is 3.00 bits per heavy atom. The molecule has 0 aliphatic carbocycles. The Balaban J connectivity index is 2.47. The average molecular weight is 179 g/mol. The van der Waals surface area contributed by atoms with Gasteiger partial charge in [0.2, 0.25) is 0 Å². The van der Waals surface area contributed by atoms with Crippen LogP contribution in [0.5, 0.6) is 0 Å². The third-order valence-corrected chi connectivity index (χ3v) is 2.58. The highest BCUT2D eigenvalue weighted by Crippen LogP contribution is 2.28. The van der Waals surface area contributed by atoms with Gasteiger partial charge in [0.25, 0.3) is 0 Å². The highest BCUT2D eigenvalue weighted by Gasteiger charge is 2.16. The highest BCUT2D eigenvalue weighted by atomic mass is 19.1. The maximum atomic E-state index is 13.1. The van der Waals surface area contributed by atoms with Crippen molar-refractivity contribution in [2.45, 2.75) is 20.3 Å². The molecule has 0 amide bonds. The van der Waals surface area contributed by atoms with Crippen LogP contribution in [0.1, 0.15) is 18.1 Å². The van der Waals surface area contributed by atoms with Crippen LogP contribution in [-0.2, 0) is 6.42 Å². The van der Waals surface area contributed by atoms with E-state index in [4.69, 9.17) is 0 Å².